The van der Waals surface area contributed by atoms with Crippen molar-refractivity contribution in [3.05, 3.63) is 59.7 Å². The molecule has 1 saturated heterocycles. The monoisotopic (exact) mass is 486 g/mol. The SMILES string of the molecule is C[C@@H]1CN(Cc2ccc(OC(F)(F)F)cc2)C[C@H](C)N1S(=O)(=O)c1cccc(CC(=O)O)c1. The van der Waals surface area contributed by atoms with Crippen molar-refractivity contribution in [1.82, 2.24) is 9.21 Å². The number of carboxylic acid groups (broad SMARTS) is 1. The molecular formula is C22H25F3N2O5S. The van der Waals surface area contributed by atoms with Crippen molar-refractivity contribution in [1.29, 1.82) is 0 Å². The number of piperazine rings is 1. The second-order valence-electron chi connectivity index (χ2n) is 8.14. The third-order valence-electron chi connectivity index (χ3n) is 5.31. The number of carbonyl (C=O) groups is 1. The molecule has 2 atom stereocenters. The van der Waals surface area contributed by atoms with Crippen molar-refractivity contribution < 1.29 is 36.2 Å². The summed E-state index contributed by atoms with van der Waals surface area (Å²) in [5, 5.41) is 8.99. The molecule has 2 aromatic carbocycles. The van der Waals surface area contributed by atoms with Gasteiger partial charge in [-0.2, -0.15) is 4.31 Å². The number of aliphatic carboxylic acids is 1. The number of hydrogen-bond acceptors (Lipinski definition) is 5. The zero-order chi connectivity index (χ0) is 24.4. The fourth-order valence-electron chi connectivity index (χ4n) is 4.19. The molecule has 0 aromatic heterocycles. The van der Waals surface area contributed by atoms with E-state index in [2.05, 4.69) is 4.74 Å². The van der Waals surface area contributed by atoms with E-state index in [1.54, 1.807) is 32.0 Å². The summed E-state index contributed by atoms with van der Waals surface area (Å²) in [6.45, 7) is 4.89. The fraction of sp³-hybridized carbons (Fsp3) is 0.409. The second kappa shape index (κ2) is 9.70. The number of sulfonamides is 1. The van der Waals surface area contributed by atoms with E-state index in [0.29, 0.717) is 25.2 Å². The lowest BCUT2D eigenvalue weighted by atomic mass is 10.1. The van der Waals surface area contributed by atoms with Crippen molar-refractivity contribution in [3.8, 4) is 5.75 Å². The zero-order valence-electron chi connectivity index (χ0n) is 18.1. The molecule has 11 heteroatoms. The van der Waals surface area contributed by atoms with Crippen molar-refractivity contribution in [2.45, 2.75) is 50.2 Å². The number of nitrogens with zero attached hydrogens (tertiary/aromatic N) is 2. The van der Waals surface area contributed by atoms with Crippen molar-refractivity contribution in [2.75, 3.05) is 13.1 Å². The Balaban J connectivity index is 1.70. The Morgan fingerprint density at radius 1 is 1.06 bits per heavy atom. The second-order valence-corrected chi connectivity index (χ2v) is 9.98. The van der Waals surface area contributed by atoms with Crippen LogP contribution in [0.5, 0.6) is 5.75 Å². The van der Waals surface area contributed by atoms with Crippen molar-refractivity contribution >= 4 is 16.0 Å². The number of hydrogen-bond donors (Lipinski definition) is 1. The predicted molar refractivity (Wildman–Crippen MR) is 114 cm³/mol. The average Bonchev–Trinajstić information content (AvgIpc) is 2.67. The minimum atomic E-state index is -4.75. The molecule has 1 aliphatic rings. The minimum absolute atomic E-state index is 0.0497. The smallest absolute Gasteiger partial charge is 0.481 e. The predicted octanol–water partition coefficient (Wildman–Crippen LogP) is 3.50. The highest BCUT2D eigenvalue weighted by Crippen LogP contribution is 2.28. The summed E-state index contributed by atoms with van der Waals surface area (Å²) in [6, 6.07) is 10.8. The lowest BCUT2D eigenvalue weighted by molar-refractivity contribution is -0.274. The van der Waals surface area contributed by atoms with Crippen LogP contribution in [0, 0.1) is 0 Å². The van der Waals surface area contributed by atoms with E-state index in [9.17, 15) is 26.4 Å². The molecule has 7 nitrogen and oxygen atoms in total. The largest absolute Gasteiger partial charge is 0.573 e. The van der Waals surface area contributed by atoms with E-state index in [-0.39, 0.29) is 29.1 Å². The van der Waals surface area contributed by atoms with E-state index in [1.165, 1.54) is 34.6 Å². The summed E-state index contributed by atoms with van der Waals surface area (Å²) >= 11 is 0. The number of ether oxygens (including phenoxy) is 1. The first kappa shape index (κ1) is 25.0. The van der Waals surface area contributed by atoms with Gasteiger partial charge < -0.3 is 9.84 Å². The first-order valence-corrected chi connectivity index (χ1v) is 11.7. The molecule has 1 N–H and O–H groups in total. The van der Waals surface area contributed by atoms with Gasteiger partial charge in [0, 0.05) is 31.7 Å². The van der Waals surface area contributed by atoms with Gasteiger partial charge in [-0.3, -0.25) is 9.69 Å². The van der Waals surface area contributed by atoms with Crippen LogP contribution < -0.4 is 4.74 Å². The standard InChI is InChI=1S/C22H25F3N2O5S/c1-15-12-26(14-17-6-8-19(9-7-17)32-22(23,24)25)13-16(2)27(15)33(30,31)20-5-3-4-18(10-20)11-21(28)29/h3-10,15-16H,11-14H2,1-2H3,(H,28,29)/t15-,16+. The molecule has 0 saturated carbocycles. The average molecular weight is 487 g/mol. The number of benzene rings is 2. The highest BCUT2D eigenvalue weighted by atomic mass is 32.2. The number of carboxylic acids is 1. The van der Waals surface area contributed by atoms with Crippen LogP contribution in [-0.2, 0) is 27.8 Å². The molecule has 0 radical (unpaired) electrons. The lowest BCUT2D eigenvalue weighted by Gasteiger charge is -2.43. The number of rotatable bonds is 7. The van der Waals surface area contributed by atoms with Crippen LogP contribution >= 0.6 is 0 Å². The zero-order valence-corrected chi connectivity index (χ0v) is 18.9. The van der Waals surface area contributed by atoms with Gasteiger partial charge in [0.2, 0.25) is 10.0 Å². The normalized spacial score (nSPS) is 20.5. The summed E-state index contributed by atoms with van der Waals surface area (Å²) in [5.41, 5.74) is 1.18. The summed E-state index contributed by atoms with van der Waals surface area (Å²) in [5.74, 6) is -1.34. The molecule has 1 aliphatic heterocycles. The van der Waals surface area contributed by atoms with E-state index in [4.69, 9.17) is 5.11 Å². The lowest BCUT2D eigenvalue weighted by Crippen LogP contribution is -2.58. The van der Waals surface area contributed by atoms with Gasteiger partial charge in [-0.05, 0) is 49.2 Å². The molecule has 33 heavy (non-hydrogen) atoms. The highest BCUT2D eigenvalue weighted by molar-refractivity contribution is 7.89. The van der Waals surface area contributed by atoms with Gasteiger partial charge in [-0.25, -0.2) is 8.42 Å². The maximum Gasteiger partial charge on any atom is 0.573 e. The summed E-state index contributed by atoms with van der Waals surface area (Å²) in [6.07, 6.45) is -5.02. The van der Waals surface area contributed by atoms with Gasteiger partial charge in [0.25, 0.3) is 0 Å². The molecule has 1 heterocycles. The van der Waals surface area contributed by atoms with Crippen LogP contribution in [0.15, 0.2) is 53.4 Å². The Hall–Kier alpha value is -2.63. The quantitative estimate of drug-likeness (QED) is 0.645. The van der Waals surface area contributed by atoms with Gasteiger partial charge in [0.15, 0.2) is 0 Å². The molecule has 3 rings (SSSR count). The molecule has 0 spiro atoms. The van der Waals surface area contributed by atoms with E-state index < -0.39 is 22.4 Å². The fourth-order valence-corrected chi connectivity index (χ4v) is 6.06. The first-order valence-electron chi connectivity index (χ1n) is 10.3. The van der Waals surface area contributed by atoms with Gasteiger partial charge in [-0.1, -0.05) is 24.3 Å². The van der Waals surface area contributed by atoms with Gasteiger partial charge in [0.05, 0.1) is 11.3 Å². The maximum atomic E-state index is 13.3. The minimum Gasteiger partial charge on any atom is -0.481 e. The van der Waals surface area contributed by atoms with Crippen LogP contribution in [0.3, 0.4) is 0 Å². The molecule has 1 fully saturated rings. The summed E-state index contributed by atoms with van der Waals surface area (Å²) < 4.78 is 68.9. The summed E-state index contributed by atoms with van der Waals surface area (Å²) in [4.78, 5) is 13.1. The molecular weight excluding hydrogens is 461 g/mol. The van der Waals surface area contributed by atoms with Crippen molar-refractivity contribution in [3.63, 3.8) is 0 Å². The highest BCUT2D eigenvalue weighted by Gasteiger charge is 2.38. The Bertz CT molecular complexity index is 1080. The van der Waals surface area contributed by atoms with Crippen LogP contribution in [-0.4, -0.2) is 60.2 Å². The van der Waals surface area contributed by atoms with E-state index in [0.717, 1.165) is 5.56 Å². The van der Waals surface area contributed by atoms with Crippen molar-refractivity contribution in [2.24, 2.45) is 0 Å². The Kier molecular flexibility index (Phi) is 7.35. The molecule has 0 unspecified atom stereocenters. The molecule has 180 valence electrons. The topological polar surface area (TPSA) is 87.2 Å². The molecule has 0 aliphatic carbocycles. The molecule has 2 aromatic rings. The van der Waals surface area contributed by atoms with E-state index in [1.807, 2.05) is 4.90 Å². The van der Waals surface area contributed by atoms with Crippen LogP contribution in [0.25, 0.3) is 0 Å². The maximum absolute atomic E-state index is 13.3. The third-order valence-corrected chi connectivity index (χ3v) is 7.43. The Morgan fingerprint density at radius 2 is 1.67 bits per heavy atom. The van der Waals surface area contributed by atoms with Gasteiger partial charge in [0.1, 0.15) is 5.75 Å². The van der Waals surface area contributed by atoms with E-state index >= 15 is 0 Å². The van der Waals surface area contributed by atoms with Gasteiger partial charge in [-0.15, -0.1) is 13.2 Å². The number of alkyl halides is 3. The summed E-state index contributed by atoms with van der Waals surface area (Å²) in [7, 11) is -3.85. The van der Waals surface area contributed by atoms with Crippen LogP contribution in [0.4, 0.5) is 13.2 Å². The first-order chi connectivity index (χ1) is 15.3. The Labute approximate surface area is 190 Å². The molecule has 0 amide bonds. The van der Waals surface area contributed by atoms with Gasteiger partial charge >= 0.3 is 12.3 Å². The van der Waals surface area contributed by atoms with Crippen LogP contribution in [0.2, 0.25) is 0 Å². The Morgan fingerprint density at radius 3 is 2.21 bits per heavy atom. The number of halogens is 3. The van der Waals surface area contributed by atoms with Crippen LogP contribution in [0.1, 0.15) is 25.0 Å². The molecule has 0 bridgehead atoms. The third kappa shape index (κ3) is 6.46.